The first-order valence-corrected chi connectivity index (χ1v) is 34.4. The number of likely N-dealkylation sites (N-methyl/N-ethyl adjacent to an activating group) is 1. The highest BCUT2D eigenvalue weighted by molar-refractivity contribution is 6.02. The van der Waals surface area contributed by atoms with Crippen LogP contribution in [0.3, 0.4) is 0 Å². The minimum atomic E-state index is 0.0153. The largest absolute Gasteiger partial charge is 0.394 e. The number of allylic oxidation sites excluding steroid dienone is 3. The van der Waals surface area contributed by atoms with Crippen LogP contribution in [0.5, 0.6) is 0 Å². The van der Waals surface area contributed by atoms with Gasteiger partial charge in [-0.05, 0) is 64.9 Å². The predicted molar refractivity (Wildman–Crippen MR) is 374 cm³/mol. The third kappa shape index (κ3) is 40.7. The van der Waals surface area contributed by atoms with Gasteiger partial charge in [0.05, 0.1) is 251 Å². The lowest BCUT2D eigenvalue weighted by atomic mass is 9.85. The molecule has 23 heteroatoms. The topological polar surface area (TPSA) is 216 Å². The lowest BCUT2D eigenvalue weighted by Gasteiger charge is -2.29. The monoisotopic (exact) mass is 1360 g/mol. The van der Waals surface area contributed by atoms with Crippen molar-refractivity contribution in [3.63, 3.8) is 0 Å². The van der Waals surface area contributed by atoms with Crippen molar-refractivity contribution in [2.75, 3.05) is 288 Å². The SMILES string of the molecule is CN(C)C1=CC[CH]C(c2ccc(N(CCOCCOCCOCCOCCOCCOCCOCCOCCOCCO)Cc3ccccc3)cc2)=C1c1ccc(N(CCOCCOCCOCCOCCOCCOCCOCCOCCOCCO)Cc2ccccc2)cc1. The van der Waals surface area contributed by atoms with E-state index >= 15 is 0 Å². The molecule has 0 aliphatic heterocycles. The molecule has 0 unspecified atom stereocenters. The smallest absolute Gasteiger partial charge is 0.0701 e. The maximum Gasteiger partial charge on any atom is 0.0701 e. The number of anilines is 2. The average Bonchev–Trinajstić information content (AvgIpc) is 0.810. The first-order chi connectivity index (χ1) is 48.1. The Kier molecular flexibility index (Phi) is 50.0. The van der Waals surface area contributed by atoms with Crippen LogP contribution in [-0.4, -0.2) is 293 Å². The number of hydrogen-bond donors (Lipinski definition) is 2. The van der Waals surface area contributed by atoms with Crippen molar-refractivity contribution in [3.8, 4) is 0 Å². The molecule has 0 atom stereocenters. The van der Waals surface area contributed by atoms with Gasteiger partial charge >= 0.3 is 0 Å². The zero-order valence-corrected chi connectivity index (χ0v) is 58.0. The van der Waals surface area contributed by atoms with Crippen LogP contribution in [0.15, 0.2) is 121 Å². The van der Waals surface area contributed by atoms with E-state index in [1.807, 2.05) is 0 Å². The molecule has 1 aliphatic rings. The Balaban J connectivity index is 0.954. The lowest BCUT2D eigenvalue weighted by molar-refractivity contribution is -0.0254. The van der Waals surface area contributed by atoms with Crippen LogP contribution in [0, 0.1) is 6.42 Å². The highest BCUT2D eigenvalue weighted by atomic mass is 16.6. The average molecular weight is 1370 g/mol. The molecule has 5 rings (SSSR count). The van der Waals surface area contributed by atoms with Crippen LogP contribution in [0.4, 0.5) is 11.4 Å². The van der Waals surface area contributed by atoms with Gasteiger partial charge in [0.25, 0.3) is 0 Å². The zero-order chi connectivity index (χ0) is 68.2. The highest BCUT2D eigenvalue weighted by Gasteiger charge is 2.22. The molecule has 0 amide bonds. The molecule has 0 spiro atoms. The maximum absolute atomic E-state index is 8.68. The molecular weight excluding hydrogens is 1250 g/mol. The van der Waals surface area contributed by atoms with Crippen LogP contribution >= 0.6 is 0 Å². The summed E-state index contributed by atoms with van der Waals surface area (Å²) in [7, 11) is 4.24. The van der Waals surface area contributed by atoms with Gasteiger partial charge in [-0.2, -0.15) is 0 Å². The summed E-state index contributed by atoms with van der Waals surface area (Å²) >= 11 is 0. The summed E-state index contributed by atoms with van der Waals surface area (Å²) in [6, 6.07) is 39.1. The number of rotatable bonds is 67. The van der Waals surface area contributed by atoms with Gasteiger partial charge in [-0.25, -0.2) is 0 Å². The van der Waals surface area contributed by atoms with E-state index in [0.29, 0.717) is 251 Å². The molecule has 0 saturated heterocycles. The molecule has 97 heavy (non-hydrogen) atoms. The molecule has 23 nitrogen and oxygen atoms in total. The minimum absolute atomic E-state index is 0.0153. The first kappa shape index (κ1) is 82.6. The highest BCUT2D eigenvalue weighted by Crippen LogP contribution is 2.40. The molecule has 4 aromatic carbocycles. The molecule has 1 aliphatic carbocycles. The Morgan fingerprint density at radius 3 is 0.794 bits per heavy atom. The van der Waals surface area contributed by atoms with Crippen molar-refractivity contribution in [2.45, 2.75) is 19.5 Å². The fourth-order valence-corrected chi connectivity index (χ4v) is 9.70. The van der Waals surface area contributed by atoms with Gasteiger partial charge < -0.3 is 110 Å². The number of benzene rings is 4. The van der Waals surface area contributed by atoms with Gasteiger partial charge in [0, 0.05) is 62.9 Å². The Labute approximate surface area is 577 Å². The molecule has 0 heterocycles. The summed E-state index contributed by atoms with van der Waals surface area (Å²) in [6.07, 6.45) is 5.50. The molecule has 0 aromatic heterocycles. The fourth-order valence-electron chi connectivity index (χ4n) is 9.70. The zero-order valence-electron chi connectivity index (χ0n) is 58.0. The molecule has 2 N–H and O–H groups in total. The van der Waals surface area contributed by atoms with Gasteiger partial charge in [-0.1, -0.05) is 91.0 Å². The lowest BCUT2D eigenvalue weighted by Crippen LogP contribution is -2.27. The van der Waals surface area contributed by atoms with Gasteiger partial charge in [-0.3, -0.25) is 0 Å². The molecule has 0 fully saturated rings. The van der Waals surface area contributed by atoms with E-state index in [1.54, 1.807) is 0 Å². The summed E-state index contributed by atoms with van der Waals surface area (Å²) in [5, 5.41) is 17.4. The second kappa shape index (κ2) is 58.7. The van der Waals surface area contributed by atoms with Gasteiger partial charge in [0.2, 0.25) is 0 Å². The number of aliphatic hydroxyl groups excluding tert-OH is 2. The summed E-state index contributed by atoms with van der Waals surface area (Å²) in [5.74, 6) is 0. The van der Waals surface area contributed by atoms with Crippen molar-refractivity contribution < 1.29 is 95.5 Å². The third-order valence-electron chi connectivity index (χ3n) is 14.6. The van der Waals surface area contributed by atoms with Crippen molar-refractivity contribution in [2.24, 2.45) is 0 Å². The first-order valence-electron chi connectivity index (χ1n) is 34.4. The van der Waals surface area contributed by atoms with Crippen molar-refractivity contribution in [1.29, 1.82) is 0 Å². The molecular formula is C74H114N3O20. The summed E-state index contributed by atoms with van der Waals surface area (Å²) in [4.78, 5) is 6.97. The minimum Gasteiger partial charge on any atom is -0.394 e. The number of aliphatic hydroxyl groups is 2. The van der Waals surface area contributed by atoms with E-state index in [1.165, 1.54) is 28.0 Å². The van der Waals surface area contributed by atoms with Crippen LogP contribution in [0.2, 0.25) is 0 Å². The standard InChI is InChI=1S/C74H114N3O20/c1-75(2)73-15-9-14-72(68-16-20-70(21-17-68)76(64-66-10-5-3-6-11-66)24-28-80-32-36-84-40-44-88-48-52-92-56-60-96-62-58-94-54-50-90-46-42-86-38-34-82-30-26-78)74(73)69-18-22-71(23-19-69)77(65-67-12-7-4-8-13-67)25-29-81-33-37-85-41-45-89-49-53-93-57-61-97-63-59-95-55-51-91-47-43-87-39-35-83-31-27-79/h3-8,10-23,78-79H,9,24-65H2,1-2H3. The van der Waals surface area contributed by atoms with E-state index in [0.717, 1.165) is 42.0 Å². The van der Waals surface area contributed by atoms with Gasteiger partial charge in [0.15, 0.2) is 0 Å². The number of nitrogens with zero attached hydrogens (tertiary/aromatic N) is 3. The second-order valence-electron chi connectivity index (χ2n) is 22.1. The molecule has 0 saturated carbocycles. The molecule has 0 bridgehead atoms. The Morgan fingerprint density at radius 2 is 0.536 bits per heavy atom. The normalized spacial score (nSPS) is 12.5. The van der Waals surface area contributed by atoms with Crippen molar-refractivity contribution >= 4 is 22.5 Å². The number of ether oxygens (including phenoxy) is 18. The third-order valence-corrected chi connectivity index (χ3v) is 14.6. The Hall–Kier alpha value is -5.04. The van der Waals surface area contributed by atoms with Gasteiger partial charge in [-0.15, -0.1) is 0 Å². The molecule has 545 valence electrons. The summed E-state index contributed by atoms with van der Waals surface area (Å²) in [5.41, 5.74) is 10.6. The van der Waals surface area contributed by atoms with E-state index < -0.39 is 0 Å². The quantitative estimate of drug-likeness (QED) is 0.0428. The Morgan fingerprint density at radius 1 is 0.289 bits per heavy atom. The predicted octanol–water partition coefficient (Wildman–Crippen LogP) is 6.95. The van der Waals surface area contributed by atoms with E-state index in [2.05, 4.69) is 150 Å². The van der Waals surface area contributed by atoms with E-state index in [9.17, 15) is 0 Å². The van der Waals surface area contributed by atoms with Crippen LogP contribution in [0.1, 0.15) is 28.7 Å². The fraction of sp³-hybridized carbons (Fsp3) is 0.608. The number of hydrogen-bond acceptors (Lipinski definition) is 23. The summed E-state index contributed by atoms with van der Waals surface area (Å²) < 4.78 is 101. The molecule has 1 radical (unpaired) electrons. The van der Waals surface area contributed by atoms with Crippen LogP contribution < -0.4 is 9.80 Å². The molecule has 4 aromatic rings. The van der Waals surface area contributed by atoms with Gasteiger partial charge in [0.1, 0.15) is 0 Å². The maximum atomic E-state index is 8.68. The van der Waals surface area contributed by atoms with Crippen LogP contribution in [-0.2, 0) is 98.4 Å². The summed E-state index contributed by atoms with van der Waals surface area (Å²) in [6.45, 7) is 20.2. The van der Waals surface area contributed by atoms with E-state index in [-0.39, 0.29) is 13.2 Å². The van der Waals surface area contributed by atoms with Crippen molar-refractivity contribution in [3.05, 3.63) is 150 Å². The second-order valence-corrected chi connectivity index (χ2v) is 22.1. The van der Waals surface area contributed by atoms with E-state index in [4.69, 9.17) is 95.5 Å². The van der Waals surface area contributed by atoms with Crippen molar-refractivity contribution in [1.82, 2.24) is 4.90 Å². The Bertz CT molecular complexity index is 2490. The van der Waals surface area contributed by atoms with Crippen LogP contribution in [0.25, 0.3) is 11.1 Å².